The zero-order chi connectivity index (χ0) is 31.0. The quantitative estimate of drug-likeness (QED) is 0.253. The van der Waals surface area contributed by atoms with Gasteiger partial charge in [0.2, 0.25) is 17.6 Å². The third kappa shape index (κ3) is 5.65. The molecule has 12 heteroatoms. The molecule has 1 unspecified atom stereocenters. The molecule has 2 amide bonds. The first-order valence-electron chi connectivity index (χ1n) is 14.6. The van der Waals surface area contributed by atoms with E-state index in [9.17, 15) is 43.8 Å². The fraction of sp³-hybridized carbons (Fsp3) is 0.700. The van der Waals surface area contributed by atoms with E-state index in [2.05, 4.69) is 12.2 Å². The van der Waals surface area contributed by atoms with Crippen molar-refractivity contribution in [3.05, 3.63) is 11.6 Å². The molecule has 5 N–H and O–H groups in total. The van der Waals surface area contributed by atoms with Crippen LogP contribution in [0.3, 0.4) is 0 Å². The molecule has 3 fully saturated rings. The van der Waals surface area contributed by atoms with Crippen molar-refractivity contribution in [3.8, 4) is 0 Å². The number of carbonyl (C=O) groups excluding carboxylic acids is 6. The van der Waals surface area contributed by atoms with Crippen molar-refractivity contribution in [1.82, 2.24) is 5.32 Å². The number of nitrogens with one attached hydrogen (secondary N) is 1. The molecule has 0 saturated heterocycles. The Morgan fingerprint density at radius 1 is 1.07 bits per heavy atom. The topological polar surface area (TPSA) is 207 Å². The molecule has 0 heterocycles. The Bertz CT molecular complexity index is 1240. The van der Waals surface area contributed by atoms with Gasteiger partial charge < -0.3 is 26.0 Å². The first-order chi connectivity index (χ1) is 19.6. The third-order valence-corrected chi connectivity index (χ3v) is 10.5. The molecule has 0 aromatic heterocycles. The lowest BCUT2D eigenvalue weighted by atomic mass is 9.46. The summed E-state index contributed by atoms with van der Waals surface area (Å²) >= 11 is 0. The highest BCUT2D eigenvalue weighted by molar-refractivity contribution is 5.95. The van der Waals surface area contributed by atoms with E-state index in [0.717, 1.165) is 5.57 Å². The van der Waals surface area contributed by atoms with Gasteiger partial charge in [0.15, 0.2) is 12.4 Å². The summed E-state index contributed by atoms with van der Waals surface area (Å²) in [7, 11) is 0. The molecule has 0 aromatic carbocycles. The SMILES string of the molecule is C[C@]12CCC(=O)C=C1CC[C@@H]1[C@@H]2C(=O)C[C@@]2(C)[C@H]1CC[C@]2(O)C(=O)COC(=O)CCC(=O)NC(CCC(N)=O)C(=O)O. The van der Waals surface area contributed by atoms with Crippen molar-refractivity contribution in [1.29, 1.82) is 0 Å². The Kier molecular flexibility index (Phi) is 8.78. The van der Waals surface area contributed by atoms with E-state index in [0.29, 0.717) is 32.1 Å². The maximum Gasteiger partial charge on any atom is 0.326 e. The number of aliphatic hydroxyl groups is 1. The molecule has 0 bridgehead atoms. The maximum atomic E-state index is 13.7. The van der Waals surface area contributed by atoms with Crippen LogP contribution in [0.4, 0.5) is 0 Å². The molecular weight excluding hydrogens is 548 g/mol. The number of carbonyl (C=O) groups is 7. The van der Waals surface area contributed by atoms with Gasteiger partial charge in [-0.25, -0.2) is 4.79 Å². The van der Waals surface area contributed by atoms with E-state index >= 15 is 0 Å². The lowest BCUT2D eigenvalue weighted by Crippen LogP contribution is -2.61. The number of hydrogen-bond acceptors (Lipinski definition) is 9. The van der Waals surface area contributed by atoms with Crippen molar-refractivity contribution >= 4 is 41.1 Å². The van der Waals surface area contributed by atoms with Gasteiger partial charge in [0, 0.05) is 37.0 Å². The molecule has 4 aliphatic carbocycles. The largest absolute Gasteiger partial charge is 0.480 e. The van der Waals surface area contributed by atoms with Gasteiger partial charge in [-0.05, 0) is 61.9 Å². The van der Waals surface area contributed by atoms with Crippen LogP contribution in [0.25, 0.3) is 0 Å². The molecule has 3 saturated carbocycles. The Morgan fingerprint density at radius 3 is 2.45 bits per heavy atom. The summed E-state index contributed by atoms with van der Waals surface area (Å²) in [6, 6.07) is -1.35. The van der Waals surface area contributed by atoms with E-state index in [1.165, 1.54) is 0 Å². The number of rotatable bonds is 11. The van der Waals surface area contributed by atoms with Gasteiger partial charge in [0.25, 0.3) is 0 Å². The van der Waals surface area contributed by atoms with Crippen molar-refractivity contribution in [3.63, 3.8) is 0 Å². The second-order valence-corrected chi connectivity index (χ2v) is 12.8. The number of hydrogen-bond donors (Lipinski definition) is 4. The summed E-state index contributed by atoms with van der Waals surface area (Å²) in [5.74, 6) is -4.67. The number of aliphatic carboxylic acids is 1. The van der Waals surface area contributed by atoms with Crippen LogP contribution in [0, 0.1) is 28.6 Å². The third-order valence-electron chi connectivity index (χ3n) is 10.5. The highest BCUT2D eigenvalue weighted by atomic mass is 16.5. The average Bonchev–Trinajstić information content (AvgIpc) is 3.19. The van der Waals surface area contributed by atoms with Crippen LogP contribution < -0.4 is 11.1 Å². The first-order valence-corrected chi connectivity index (χ1v) is 14.6. The van der Waals surface area contributed by atoms with E-state index in [4.69, 9.17) is 10.5 Å². The molecule has 0 spiro atoms. The number of amides is 2. The predicted octanol–water partition coefficient (Wildman–Crippen LogP) is 1.16. The number of fused-ring (bicyclic) bond motifs is 5. The van der Waals surface area contributed by atoms with Crippen LogP contribution in [0.2, 0.25) is 0 Å². The van der Waals surface area contributed by atoms with E-state index in [-0.39, 0.29) is 55.0 Å². The highest BCUT2D eigenvalue weighted by Crippen LogP contribution is 2.66. The van der Waals surface area contributed by atoms with Crippen LogP contribution >= 0.6 is 0 Å². The summed E-state index contributed by atoms with van der Waals surface area (Å²) in [4.78, 5) is 85.7. The lowest BCUT2D eigenvalue weighted by Gasteiger charge is -2.57. The maximum absolute atomic E-state index is 13.7. The summed E-state index contributed by atoms with van der Waals surface area (Å²) in [5, 5.41) is 23.1. The van der Waals surface area contributed by atoms with Crippen molar-refractivity contribution < 1.29 is 48.5 Å². The van der Waals surface area contributed by atoms with Crippen molar-refractivity contribution in [2.24, 2.45) is 34.3 Å². The van der Waals surface area contributed by atoms with Gasteiger partial charge in [0.05, 0.1) is 6.42 Å². The Balaban J connectivity index is 1.35. The zero-order valence-electron chi connectivity index (χ0n) is 24.1. The van der Waals surface area contributed by atoms with Crippen LogP contribution in [-0.2, 0) is 38.3 Å². The Hall–Kier alpha value is -3.41. The van der Waals surface area contributed by atoms with Crippen LogP contribution in [-0.4, -0.2) is 69.6 Å². The van der Waals surface area contributed by atoms with Gasteiger partial charge >= 0.3 is 11.9 Å². The monoisotopic (exact) mass is 588 g/mol. The second-order valence-electron chi connectivity index (χ2n) is 12.8. The zero-order valence-corrected chi connectivity index (χ0v) is 24.1. The summed E-state index contributed by atoms with van der Waals surface area (Å²) in [6.07, 6.45) is 3.59. The summed E-state index contributed by atoms with van der Waals surface area (Å²) < 4.78 is 5.09. The van der Waals surface area contributed by atoms with Gasteiger partial charge in [-0.2, -0.15) is 0 Å². The van der Waals surface area contributed by atoms with Crippen molar-refractivity contribution in [2.45, 2.75) is 96.1 Å². The minimum Gasteiger partial charge on any atom is -0.480 e. The van der Waals surface area contributed by atoms with Gasteiger partial charge in [-0.15, -0.1) is 0 Å². The van der Waals surface area contributed by atoms with Gasteiger partial charge in [-0.1, -0.05) is 19.4 Å². The number of carboxylic acids is 1. The minimum atomic E-state index is -1.86. The highest BCUT2D eigenvalue weighted by Gasteiger charge is 2.68. The standard InChI is InChI=1S/C30H40N2O10/c1-28-11-9-17(33)13-16(28)3-4-18-19-10-12-30(41,29(19,2)14-21(34)26(18)28)22(35)15-42-25(38)8-7-24(37)32-20(27(39)40)5-6-23(31)36/h13,18-20,26,41H,3-12,14-15H2,1-2H3,(H2,31,36)(H,32,37)(H,39,40)/t18-,19-,20?,26+,28-,29-,30-/m0/s1. The van der Waals surface area contributed by atoms with Crippen LogP contribution in [0.15, 0.2) is 11.6 Å². The Morgan fingerprint density at radius 2 is 1.79 bits per heavy atom. The van der Waals surface area contributed by atoms with Gasteiger partial charge in [-0.3, -0.25) is 28.8 Å². The molecule has 0 aromatic rings. The minimum absolute atomic E-state index is 0.00664. The normalized spacial score (nSPS) is 34.3. The van der Waals surface area contributed by atoms with Crippen LogP contribution in [0.5, 0.6) is 0 Å². The van der Waals surface area contributed by atoms with E-state index in [1.54, 1.807) is 13.0 Å². The predicted molar refractivity (Wildman–Crippen MR) is 145 cm³/mol. The molecule has 4 aliphatic rings. The fourth-order valence-electron chi connectivity index (χ4n) is 8.21. The fourth-order valence-corrected chi connectivity index (χ4v) is 8.21. The van der Waals surface area contributed by atoms with E-state index in [1.807, 2.05) is 0 Å². The average molecular weight is 589 g/mol. The first kappa shape index (κ1) is 31.5. The molecule has 42 heavy (non-hydrogen) atoms. The smallest absolute Gasteiger partial charge is 0.326 e. The van der Waals surface area contributed by atoms with E-state index < -0.39 is 71.5 Å². The number of primary amides is 1. The van der Waals surface area contributed by atoms with Crippen LogP contribution in [0.1, 0.15) is 84.5 Å². The lowest BCUT2D eigenvalue weighted by molar-refractivity contribution is -0.173. The number of carboxylic acid groups (broad SMARTS) is 1. The number of Topliss-reactive ketones (excluding diaryl/α,β-unsaturated/α-hetero) is 2. The molecule has 7 atom stereocenters. The number of ketones is 3. The number of nitrogens with two attached hydrogens (primary N) is 1. The van der Waals surface area contributed by atoms with Gasteiger partial charge in [0.1, 0.15) is 17.4 Å². The summed E-state index contributed by atoms with van der Waals surface area (Å²) in [6.45, 7) is 3.13. The molecule has 0 aliphatic heterocycles. The molecule has 0 radical (unpaired) electrons. The number of esters is 1. The Labute approximate surface area is 243 Å². The number of ether oxygens (including phenoxy) is 1. The summed E-state index contributed by atoms with van der Waals surface area (Å²) in [5.41, 5.74) is 2.78. The second kappa shape index (κ2) is 11.7. The van der Waals surface area contributed by atoms with Crippen molar-refractivity contribution in [2.75, 3.05) is 6.61 Å². The molecule has 12 nitrogen and oxygen atoms in total. The molecule has 230 valence electrons. The number of allylic oxidation sites excluding steroid dienone is 1. The molecule has 4 rings (SSSR count). The molecular formula is C30H40N2O10.